The molecule has 0 aromatic carbocycles. The van der Waals surface area contributed by atoms with Crippen LogP contribution in [0.15, 0.2) is 18.3 Å². The Kier molecular flexibility index (Phi) is 5.35. The van der Waals surface area contributed by atoms with Gasteiger partial charge in [0.05, 0.1) is 0 Å². The highest BCUT2D eigenvalue weighted by Crippen LogP contribution is 2.23. The first-order chi connectivity index (χ1) is 9.72. The van der Waals surface area contributed by atoms with Crippen molar-refractivity contribution in [2.45, 2.75) is 45.6 Å². The van der Waals surface area contributed by atoms with Gasteiger partial charge in [-0.3, -0.25) is 4.79 Å². The highest BCUT2D eigenvalue weighted by Gasteiger charge is 2.22. The number of carbonyl (C=O) groups is 1. The van der Waals surface area contributed by atoms with E-state index in [1.807, 2.05) is 17.0 Å². The maximum Gasteiger partial charge on any atom is 0.222 e. The average molecular weight is 276 g/mol. The molecule has 0 radical (unpaired) electrons. The summed E-state index contributed by atoms with van der Waals surface area (Å²) in [6.07, 6.45) is 7.06. The molecule has 1 unspecified atom stereocenters. The van der Waals surface area contributed by atoms with Crippen LogP contribution in [0.25, 0.3) is 0 Å². The van der Waals surface area contributed by atoms with Gasteiger partial charge in [0, 0.05) is 25.7 Å². The van der Waals surface area contributed by atoms with Crippen molar-refractivity contribution in [3.05, 3.63) is 23.9 Å². The van der Waals surface area contributed by atoms with Crippen LogP contribution in [-0.2, 0) is 11.3 Å². The summed E-state index contributed by atoms with van der Waals surface area (Å²) in [7, 11) is 0. The van der Waals surface area contributed by atoms with E-state index in [0.717, 1.165) is 24.9 Å². The van der Waals surface area contributed by atoms with Crippen molar-refractivity contribution >= 4 is 11.7 Å². The largest absolute Gasteiger partial charge is 0.338 e. The number of pyridine rings is 1. The molecule has 110 valence electrons. The molecule has 20 heavy (non-hydrogen) atoms. The Morgan fingerprint density at radius 1 is 1.45 bits per heavy atom. The first kappa shape index (κ1) is 14.8. The Balaban J connectivity index is 1.95. The summed E-state index contributed by atoms with van der Waals surface area (Å²) in [5, 5.41) is 0. The molecule has 1 amide bonds. The zero-order valence-electron chi connectivity index (χ0n) is 12.1. The van der Waals surface area contributed by atoms with Crippen LogP contribution in [0.1, 0.15) is 44.6 Å². The molecule has 1 aromatic heterocycles. The minimum Gasteiger partial charge on any atom is -0.338 e. The van der Waals surface area contributed by atoms with Crippen LogP contribution in [0.2, 0.25) is 0 Å². The third-order valence-electron chi connectivity index (χ3n) is 3.97. The molecule has 5 nitrogen and oxygen atoms in total. The average Bonchev–Trinajstić information content (AvgIpc) is 2.64. The first-order valence-electron chi connectivity index (χ1n) is 7.42. The number of hydrazine groups is 1. The molecule has 0 spiro atoms. The van der Waals surface area contributed by atoms with E-state index in [0.29, 0.717) is 24.7 Å². The molecular formula is C15H24N4O. The summed E-state index contributed by atoms with van der Waals surface area (Å²) >= 11 is 0. The summed E-state index contributed by atoms with van der Waals surface area (Å²) in [6.45, 7) is 3.72. The van der Waals surface area contributed by atoms with Gasteiger partial charge in [-0.05, 0) is 30.4 Å². The van der Waals surface area contributed by atoms with Crippen LogP contribution >= 0.6 is 0 Å². The second-order valence-corrected chi connectivity index (χ2v) is 5.49. The predicted octanol–water partition coefficient (Wildman–Crippen LogP) is 2.30. The van der Waals surface area contributed by atoms with Crippen LogP contribution in [0, 0.1) is 5.92 Å². The number of aromatic nitrogens is 1. The van der Waals surface area contributed by atoms with Gasteiger partial charge in [0.25, 0.3) is 0 Å². The van der Waals surface area contributed by atoms with E-state index in [-0.39, 0.29) is 5.91 Å². The number of carbonyl (C=O) groups excluding carboxylic acids is 1. The summed E-state index contributed by atoms with van der Waals surface area (Å²) in [5.74, 6) is 6.90. The lowest BCUT2D eigenvalue weighted by Gasteiger charge is -2.21. The number of amides is 1. The van der Waals surface area contributed by atoms with Gasteiger partial charge in [-0.25, -0.2) is 10.8 Å². The van der Waals surface area contributed by atoms with E-state index >= 15 is 0 Å². The number of likely N-dealkylation sites (tertiary alicyclic amines) is 1. The quantitative estimate of drug-likeness (QED) is 0.639. The number of rotatable bonds is 5. The van der Waals surface area contributed by atoms with Crippen molar-refractivity contribution in [2.75, 3.05) is 12.0 Å². The normalized spacial score (nSPS) is 19.8. The molecule has 0 saturated carbocycles. The van der Waals surface area contributed by atoms with Crippen molar-refractivity contribution in [3.8, 4) is 0 Å². The highest BCUT2D eigenvalue weighted by molar-refractivity contribution is 5.76. The SMILES string of the molecule is CCCC1CCC(=O)N(Cc2ccc(NN)nc2)CC1. The summed E-state index contributed by atoms with van der Waals surface area (Å²) in [5.41, 5.74) is 3.55. The zero-order valence-corrected chi connectivity index (χ0v) is 12.1. The lowest BCUT2D eigenvalue weighted by atomic mass is 9.96. The monoisotopic (exact) mass is 276 g/mol. The third kappa shape index (κ3) is 3.93. The summed E-state index contributed by atoms with van der Waals surface area (Å²) in [6, 6.07) is 3.79. The summed E-state index contributed by atoms with van der Waals surface area (Å²) < 4.78 is 0. The number of nitrogens with zero attached hydrogens (tertiary/aromatic N) is 2. The van der Waals surface area contributed by atoms with Gasteiger partial charge in [-0.15, -0.1) is 0 Å². The smallest absolute Gasteiger partial charge is 0.222 e. The summed E-state index contributed by atoms with van der Waals surface area (Å²) in [4.78, 5) is 18.3. The fraction of sp³-hybridized carbons (Fsp3) is 0.600. The van der Waals surface area contributed by atoms with Crippen LogP contribution in [0.5, 0.6) is 0 Å². The Morgan fingerprint density at radius 3 is 2.95 bits per heavy atom. The maximum atomic E-state index is 12.2. The lowest BCUT2D eigenvalue weighted by molar-refractivity contribution is -0.131. The van der Waals surface area contributed by atoms with E-state index in [9.17, 15) is 4.79 Å². The number of hydrogen-bond acceptors (Lipinski definition) is 4. The van der Waals surface area contributed by atoms with Gasteiger partial charge in [-0.2, -0.15) is 0 Å². The molecule has 0 bridgehead atoms. The predicted molar refractivity (Wildman–Crippen MR) is 79.7 cm³/mol. The molecule has 1 fully saturated rings. The topological polar surface area (TPSA) is 71.2 Å². The second-order valence-electron chi connectivity index (χ2n) is 5.49. The van der Waals surface area contributed by atoms with E-state index in [1.54, 1.807) is 6.20 Å². The number of nitrogens with two attached hydrogens (primary N) is 1. The molecule has 1 aliphatic heterocycles. The van der Waals surface area contributed by atoms with Crippen molar-refractivity contribution in [3.63, 3.8) is 0 Å². The van der Waals surface area contributed by atoms with Crippen molar-refractivity contribution in [1.82, 2.24) is 9.88 Å². The van der Waals surface area contributed by atoms with E-state index in [2.05, 4.69) is 17.3 Å². The third-order valence-corrected chi connectivity index (χ3v) is 3.97. The first-order valence-corrected chi connectivity index (χ1v) is 7.42. The van der Waals surface area contributed by atoms with Crippen molar-refractivity contribution in [1.29, 1.82) is 0 Å². The zero-order chi connectivity index (χ0) is 14.4. The maximum absolute atomic E-state index is 12.2. The number of nitrogens with one attached hydrogen (secondary N) is 1. The van der Waals surface area contributed by atoms with Gasteiger partial charge in [0.1, 0.15) is 5.82 Å². The molecule has 0 aliphatic carbocycles. The van der Waals surface area contributed by atoms with Gasteiger partial charge in [0.15, 0.2) is 0 Å². The number of anilines is 1. The molecule has 1 saturated heterocycles. The number of hydrogen-bond donors (Lipinski definition) is 2. The van der Waals surface area contributed by atoms with Crippen LogP contribution in [0.4, 0.5) is 5.82 Å². The van der Waals surface area contributed by atoms with E-state index < -0.39 is 0 Å². The molecule has 1 aliphatic rings. The highest BCUT2D eigenvalue weighted by atomic mass is 16.2. The molecule has 2 rings (SSSR count). The number of nitrogen functional groups attached to an aromatic ring is 1. The standard InChI is InChI=1S/C15H24N4O/c1-2-3-12-5-7-15(20)19(9-8-12)11-13-4-6-14(18-16)17-10-13/h4,6,10,12H,2-3,5,7-9,11,16H2,1H3,(H,17,18). The van der Waals surface area contributed by atoms with Gasteiger partial charge in [-0.1, -0.05) is 25.8 Å². The fourth-order valence-electron chi connectivity index (χ4n) is 2.78. The molecule has 1 atom stereocenters. The minimum atomic E-state index is 0.268. The minimum absolute atomic E-state index is 0.268. The van der Waals surface area contributed by atoms with E-state index in [1.165, 1.54) is 12.8 Å². The van der Waals surface area contributed by atoms with Crippen LogP contribution in [0.3, 0.4) is 0 Å². The molecule has 1 aromatic rings. The molecule has 2 heterocycles. The van der Waals surface area contributed by atoms with Gasteiger partial charge >= 0.3 is 0 Å². The van der Waals surface area contributed by atoms with Crippen LogP contribution in [-0.4, -0.2) is 22.3 Å². The second kappa shape index (κ2) is 7.24. The van der Waals surface area contributed by atoms with E-state index in [4.69, 9.17) is 5.84 Å². The van der Waals surface area contributed by atoms with Crippen molar-refractivity contribution in [2.24, 2.45) is 11.8 Å². The Bertz CT molecular complexity index is 432. The molecule has 3 N–H and O–H groups in total. The molecular weight excluding hydrogens is 252 g/mol. The lowest BCUT2D eigenvalue weighted by Crippen LogP contribution is -2.29. The fourth-order valence-corrected chi connectivity index (χ4v) is 2.78. The Labute approximate surface area is 120 Å². The molecule has 5 heteroatoms. The van der Waals surface area contributed by atoms with Gasteiger partial charge in [0.2, 0.25) is 5.91 Å². The van der Waals surface area contributed by atoms with Gasteiger partial charge < -0.3 is 10.3 Å². The Hall–Kier alpha value is -1.62. The Morgan fingerprint density at radius 2 is 2.30 bits per heavy atom. The van der Waals surface area contributed by atoms with Crippen LogP contribution < -0.4 is 11.3 Å². The van der Waals surface area contributed by atoms with Crippen molar-refractivity contribution < 1.29 is 4.79 Å².